The highest BCUT2D eigenvalue weighted by molar-refractivity contribution is 5.09. The fourth-order valence-electron chi connectivity index (χ4n) is 5.69. The highest BCUT2D eigenvalue weighted by Gasteiger charge is 2.51. The van der Waals surface area contributed by atoms with Gasteiger partial charge >= 0.3 is 0 Å². The molecule has 5 rings (SSSR count). The standard InChI is InChI=1S/C16H26N4/c1-2-14-18-16(20-19-14)13(8-17)15-11-4-9-3-10(6-11)7-12(15)5-9/h9-13,15H,2-8,17H2,1H3,(H,18,19,20). The number of hydrogen-bond acceptors (Lipinski definition) is 3. The van der Waals surface area contributed by atoms with E-state index in [0.29, 0.717) is 12.5 Å². The van der Waals surface area contributed by atoms with E-state index in [9.17, 15) is 0 Å². The Morgan fingerprint density at radius 2 is 1.80 bits per heavy atom. The number of nitrogens with two attached hydrogens (primary N) is 1. The van der Waals surface area contributed by atoms with Crippen LogP contribution in [-0.2, 0) is 6.42 Å². The molecular formula is C16H26N4. The number of rotatable bonds is 4. The predicted molar refractivity (Wildman–Crippen MR) is 78.1 cm³/mol. The molecule has 4 aliphatic carbocycles. The first kappa shape index (κ1) is 12.8. The predicted octanol–water partition coefficient (Wildman–Crippen LogP) is 2.48. The summed E-state index contributed by atoms with van der Waals surface area (Å²) in [6.45, 7) is 2.82. The van der Waals surface area contributed by atoms with E-state index in [2.05, 4.69) is 22.1 Å². The zero-order valence-electron chi connectivity index (χ0n) is 12.4. The van der Waals surface area contributed by atoms with E-state index < -0.39 is 0 Å². The molecule has 1 atom stereocenters. The second-order valence-corrected chi connectivity index (χ2v) is 7.34. The molecule has 110 valence electrons. The summed E-state index contributed by atoms with van der Waals surface area (Å²) in [5.74, 6) is 6.93. The first-order valence-corrected chi connectivity index (χ1v) is 8.39. The lowest BCUT2D eigenvalue weighted by Crippen LogP contribution is -2.48. The van der Waals surface area contributed by atoms with Gasteiger partial charge in [-0.2, -0.15) is 5.10 Å². The average molecular weight is 274 g/mol. The van der Waals surface area contributed by atoms with Crippen LogP contribution in [0.1, 0.15) is 56.6 Å². The summed E-state index contributed by atoms with van der Waals surface area (Å²) >= 11 is 0. The maximum atomic E-state index is 6.14. The van der Waals surface area contributed by atoms with E-state index in [0.717, 1.165) is 47.7 Å². The van der Waals surface area contributed by atoms with Crippen molar-refractivity contribution in [3.63, 3.8) is 0 Å². The Morgan fingerprint density at radius 1 is 1.15 bits per heavy atom. The third-order valence-corrected chi connectivity index (χ3v) is 6.23. The van der Waals surface area contributed by atoms with Crippen LogP contribution in [0.5, 0.6) is 0 Å². The fourth-order valence-corrected chi connectivity index (χ4v) is 5.69. The van der Waals surface area contributed by atoms with Crippen LogP contribution in [-0.4, -0.2) is 21.7 Å². The molecule has 1 aromatic heterocycles. The lowest BCUT2D eigenvalue weighted by Gasteiger charge is -2.56. The topological polar surface area (TPSA) is 67.6 Å². The zero-order chi connectivity index (χ0) is 13.7. The molecule has 1 unspecified atom stereocenters. The summed E-state index contributed by atoms with van der Waals surface area (Å²) in [7, 11) is 0. The van der Waals surface area contributed by atoms with Gasteiger partial charge < -0.3 is 5.73 Å². The molecule has 4 aliphatic rings. The van der Waals surface area contributed by atoms with Crippen molar-refractivity contribution in [3.05, 3.63) is 11.6 Å². The molecule has 4 heteroatoms. The SMILES string of the molecule is CCc1nc(C(CN)C2C3CC4CC(C3)CC2C4)n[nH]1. The van der Waals surface area contributed by atoms with Crippen LogP contribution in [0.3, 0.4) is 0 Å². The molecule has 0 aliphatic heterocycles. The number of nitrogens with zero attached hydrogens (tertiary/aromatic N) is 2. The van der Waals surface area contributed by atoms with E-state index >= 15 is 0 Å². The lowest BCUT2D eigenvalue weighted by atomic mass is 9.49. The molecule has 3 N–H and O–H groups in total. The van der Waals surface area contributed by atoms with Crippen LogP contribution in [0.4, 0.5) is 0 Å². The van der Waals surface area contributed by atoms with Crippen LogP contribution in [0.2, 0.25) is 0 Å². The molecule has 0 radical (unpaired) electrons. The van der Waals surface area contributed by atoms with Crippen molar-refractivity contribution in [1.82, 2.24) is 15.2 Å². The fraction of sp³-hybridized carbons (Fsp3) is 0.875. The van der Waals surface area contributed by atoms with Gasteiger partial charge in [0.2, 0.25) is 0 Å². The molecule has 0 spiro atoms. The van der Waals surface area contributed by atoms with Crippen LogP contribution in [0, 0.1) is 29.6 Å². The van der Waals surface area contributed by atoms with Gasteiger partial charge in [0.25, 0.3) is 0 Å². The molecule has 20 heavy (non-hydrogen) atoms. The summed E-state index contributed by atoms with van der Waals surface area (Å²) in [6.07, 6.45) is 8.20. The van der Waals surface area contributed by atoms with Crippen molar-refractivity contribution in [2.24, 2.45) is 35.3 Å². The van der Waals surface area contributed by atoms with Gasteiger partial charge in [0.05, 0.1) is 0 Å². The second-order valence-electron chi connectivity index (χ2n) is 7.34. The number of hydrogen-bond donors (Lipinski definition) is 2. The maximum absolute atomic E-state index is 6.14. The summed E-state index contributed by atoms with van der Waals surface area (Å²) in [4.78, 5) is 4.69. The normalized spacial score (nSPS) is 40.2. The molecule has 4 nitrogen and oxygen atoms in total. The number of aromatic amines is 1. The van der Waals surface area contributed by atoms with E-state index in [1.807, 2.05) is 0 Å². The molecule has 4 bridgehead atoms. The van der Waals surface area contributed by atoms with Gasteiger partial charge in [0.1, 0.15) is 5.82 Å². The Labute approximate surface area is 120 Å². The minimum absolute atomic E-state index is 0.376. The number of H-pyrrole nitrogens is 1. The summed E-state index contributed by atoms with van der Waals surface area (Å²) in [5.41, 5.74) is 6.14. The number of nitrogens with one attached hydrogen (secondary N) is 1. The largest absolute Gasteiger partial charge is 0.330 e. The number of aromatic nitrogens is 3. The minimum Gasteiger partial charge on any atom is -0.330 e. The van der Waals surface area contributed by atoms with Gasteiger partial charge in [-0.1, -0.05) is 6.92 Å². The Morgan fingerprint density at radius 3 is 2.30 bits per heavy atom. The van der Waals surface area contributed by atoms with Crippen LogP contribution in [0.25, 0.3) is 0 Å². The highest BCUT2D eigenvalue weighted by Crippen LogP contribution is 2.59. The zero-order valence-corrected chi connectivity index (χ0v) is 12.4. The van der Waals surface area contributed by atoms with E-state index in [4.69, 9.17) is 5.73 Å². The smallest absolute Gasteiger partial charge is 0.155 e. The molecule has 4 fully saturated rings. The lowest BCUT2D eigenvalue weighted by molar-refractivity contribution is -0.0477. The summed E-state index contributed by atoms with van der Waals surface area (Å²) < 4.78 is 0. The quantitative estimate of drug-likeness (QED) is 0.886. The third-order valence-electron chi connectivity index (χ3n) is 6.23. The van der Waals surface area contributed by atoms with Crippen molar-refractivity contribution in [2.45, 2.75) is 51.4 Å². The van der Waals surface area contributed by atoms with Crippen molar-refractivity contribution in [3.8, 4) is 0 Å². The van der Waals surface area contributed by atoms with Gasteiger partial charge in [-0.15, -0.1) is 0 Å². The molecule has 0 saturated heterocycles. The monoisotopic (exact) mass is 274 g/mol. The Bertz CT molecular complexity index is 453. The molecular weight excluding hydrogens is 248 g/mol. The second kappa shape index (κ2) is 4.83. The summed E-state index contributed by atoms with van der Waals surface area (Å²) in [5, 5.41) is 7.55. The third kappa shape index (κ3) is 1.92. The van der Waals surface area contributed by atoms with Gasteiger partial charge in [-0.05, 0) is 61.7 Å². The van der Waals surface area contributed by atoms with E-state index in [1.54, 1.807) is 0 Å². The van der Waals surface area contributed by atoms with Gasteiger partial charge in [-0.3, -0.25) is 5.10 Å². The van der Waals surface area contributed by atoms with Gasteiger partial charge in [-0.25, -0.2) is 4.98 Å². The molecule has 0 amide bonds. The molecule has 1 aromatic rings. The molecule has 4 saturated carbocycles. The summed E-state index contributed by atoms with van der Waals surface area (Å²) in [6, 6.07) is 0. The van der Waals surface area contributed by atoms with E-state index in [-0.39, 0.29) is 0 Å². The first-order valence-electron chi connectivity index (χ1n) is 8.39. The first-order chi connectivity index (χ1) is 9.78. The van der Waals surface area contributed by atoms with Crippen LogP contribution >= 0.6 is 0 Å². The van der Waals surface area contributed by atoms with Crippen molar-refractivity contribution < 1.29 is 0 Å². The van der Waals surface area contributed by atoms with Crippen molar-refractivity contribution in [1.29, 1.82) is 0 Å². The molecule has 1 heterocycles. The maximum Gasteiger partial charge on any atom is 0.155 e. The van der Waals surface area contributed by atoms with Crippen LogP contribution < -0.4 is 5.73 Å². The van der Waals surface area contributed by atoms with Crippen molar-refractivity contribution in [2.75, 3.05) is 6.54 Å². The van der Waals surface area contributed by atoms with Crippen LogP contribution in [0.15, 0.2) is 0 Å². The Balaban J connectivity index is 1.61. The van der Waals surface area contributed by atoms with Gasteiger partial charge in [0.15, 0.2) is 5.82 Å². The number of aryl methyl sites for hydroxylation is 1. The highest BCUT2D eigenvalue weighted by atomic mass is 15.2. The average Bonchev–Trinajstić information content (AvgIpc) is 2.90. The Kier molecular flexibility index (Phi) is 3.09. The Hall–Kier alpha value is -0.900. The van der Waals surface area contributed by atoms with Gasteiger partial charge in [0, 0.05) is 18.9 Å². The van der Waals surface area contributed by atoms with E-state index in [1.165, 1.54) is 32.1 Å². The minimum atomic E-state index is 0.376. The van der Waals surface area contributed by atoms with Crippen molar-refractivity contribution >= 4 is 0 Å². The molecule has 0 aromatic carbocycles.